The van der Waals surface area contributed by atoms with E-state index < -0.39 is 0 Å². The monoisotopic (exact) mass is 210 g/mol. The predicted molar refractivity (Wildman–Crippen MR) is 60.5 cm³/mol. The number of carbonyl (C=O) groups is 1. The molecule has 2 rings (SSSR count). The summed E-state index contributed by atoms with van der Waals surface area (Å²) in [6, 6.07) is 0.369. The van der Waals surface area contributed by atoms with Crippen LogP contribution in [0.2, 0.25) is 0 Å². The van der Waals surface area contributed by atoms with Gasteiger partial charge in [0.2, 0.25) is 5.91 Å². The van der Waals surface area contributed by atoms with Crippen molar-refractivity contribution in [2.24, 2.45) is 11.3 Å². The molecule has 0 aromatic rings. The maximum atomic E-state index is 12.1. The summed E-state index contributed by atoms with van der Waals surface area (Å²) in [5.74, 6) is 0.518. The Bertz CT molecular complexity index is 244. The molecule has 0 aromatic carbocycles. The van der Waals surface area contributed by atoms with Crippen LogP contribution in [0.15, 0.2) is 0 Å². The molecular formula is C12H22N2O. The molecule has 3 nitrogen and oxygen atoms in total. The molecule has 2 N–H and O–H groups in total. The van der Waals surface area contributed by atoms with Crippen LogP contribution in [0, 0.1) is 11.3 Å². The van der Waals surface area contributed by atoms with Crippen molar-refractivity contribution in [2.75, 3.05) is 13.1 Å². The Morgan fingerprint density at radius 3 is 2.73 bits per heavy atom. The Morgan fingerprint density at radius 2 is 2.20 bits per heavy atom. The van der Waals surface area contributed by atoms with Crippen LogP contribution in [0.5, 0.6) is 0 Å². The van der Waals surface area contributed by atoms with Gasteiger partial charge in [-0.15, -0.1) is 0 Å². The van der Waals surface area contributed by atoms with E-state index in [0.29, 0.717) is 6.04 Å². The van der Waals surface area contributed by atoms with Crippen molar-refractivity contribution in [3.05, 3.63) is 0 Å². The van der Waals surface area contributed by atoms with E-state index in [4.69, 9.17) is 0 Å². The Morgan fingerprint density at radius 1 is 1.40 bits per heavy atom. The number of carbonyl (C=O) groups excluding carboxylic acids is 1. The summed E-state index contributed by atoms with van der Waals surface area (Å²) in [6.45, 7) is 6.42. The second kappa shape index (κ2) is 4.12. The minimum Gasteiger partial charge on any atom is -0.352 e. The molecule has 2 aliphatic rings. The highest BCUT2D eigenvalue weighted by molar-refractivity contribution is 5.80. The molecule has 0 aromatic heterocycles. The Balaban J connectivity index is 1.89. The molecule has 1 amide bonds. The van der Waals surface area contributed by atoms with Gasteiger partial charge in [-0.05, 0) is 31.2 Å². The van der Waals surface area contributed by atoms with Crippen LogP contribution >= 0.6 is 0 Å². The fourth-order valence-electron chi connectivity index (χ4n) is 2.89. The second-order valence-electron chi connectivity index (χ2n) is 5.63. The van der Waals surface area contributed by atoms with Gasteiger partial charge in [-0.1, -0.05) is 20.3 Å². The smallest absolute Gasteiger partial charge is 0.223 e. The first-order valence-corrected chi connectivity index (χ1v) is 6.11. The van der Waals surface area contributed by atoms with Crippen molar-refractivity contribution in [3.8, 4) is 0 Å². The van der Waals surface area contributed by atoms with E-state index in [1.807, 2.05) is 0 Å². The third-order valence-electron chi connectivity index (χ3n) is 3.98. The van der Waals surface area contributed by atoms with Crippen molar-refractivity contribution in [3.63, 3.8) is 0 Å². The largest absolute Gasteiger partial charge is 0.352 e. The maximum Gasteiger partial charge on any atom is 0.223 e. The lowest BCUT2D eigenvalue weighted by molar-refractivity contribution is -0.128. The zero-order chi connectivity index (χ0) is 10.9. The van der Waals surface area contributed by atoms with Gasteiger partial charge in [0.15, 0.2) is 0 Å². The summed E-state index contributed by atoms with van der Waals surface area (Å²) in [5, 5.41) is 6.45. The average molecular weight is 210 g/mol. The Hall–Kier alpha value is -0.570. The number of rotatable bonds is 2. The lowest BCUT2D eigenvalue weighted by Gasteiger charge is -2.27. The topological polar surface area (TPSA) is 41.1 Å². The van der Waals surface area contributed by atoms with Gasteiger partial charge < -0.3 is 10.6 Å². The lowest BCUT2D eigenvalue weighted by atomic mass is 9.81. The molecule has 2 atom stereocenters. The zero-order valence-electron chi connectivity index (χ0n) is 9.81. The van der Waals surface area contributed by atoms with Gasteiger partial charge in [-0.2, -0.15) is 0 Å². The summed E-state index contributed by atoms with van der Waals surface area (Å²) in [5.41, 5.74) is 0.204. The molecule has 1 aliphatic heterocycles. The first-order valence-electron chi connectivity index (χ1n) is 6.11. The van der Waals surface area contributed by atoms with Crippen molar-refractivity contribution in [1.29, 1.82) is 0 Å². The molecule has 0 spiro atoms. The van der Waals surface area contributed by atoms with E-state index in [9.17, 15) is 4.79 Å². The molecule has 0 radical (unpaired) electrons. The number of hydrogen-bond donors (Lipinski definition) is 2. The highest BCUT2D eigenvalue weighted by Crippen LogP contribution is 2.42. The van der Waals surface area contributed by atoms with E-state index in [2.05, 4.69) is 24.5 Å². The zero-order valence-corrected chi connectivity index (χ0v) is 9.81. The Kier molecular flexibility index (Phi) is 3.01. The van der Waals surface area contributed by atoms with Crippen LogP contribution in [-0.4, -0.2) is 25.0 Å². The van der Waals surface area contributed by atoms with E-state index >= 15 is 0 Å². The van der Waals surface area contributed by atoms with Gasteiger partial charge in [-0.25, -0.2) is 0 Å². The molecule has 1 aliphatic carbocycles. The first-order chi connectivity index (χ1) is 7.09. The van der Waals surface area contributed by atoms with Crippen LogP contribution in [0.4, 0.5) is 0 Å². The Labute approximate surface area is 92.0 Å². The quantitative estimate of drug-likeness (QED) is 0.721. The molecule has 86 valence electrons. The molecule has 3 heteroatoms. The standard InChI is InChI=1S/C12H22N2O/c1-12(2)6-3-4-10(12)11(15)14-9-5-7-13-8-9/h9-10,13H,3-8H2,1-2H3,(H,14,15). The summed E-state index contributed by atoms with van der Waals surface area (Å²) in [6.07, 6.45) is 4.54. The molecule has 1 heterocycles. The molecule has 1 saturated heterocycles. The molecule has 2 fully saturated rings. The van der Waals surface area contributed by atoms with Crippen molar-refractivity contribution >= 4 is 5.91 Å². The average Bonchev–Trinajstić information content (AvgIpc) is 2.73. The predicted octanol–water partition coefficient (Wildman–Crippen LogP) is 1.29. The molecule has 2 unspecified atom stereocenters. The minimum atomic E-state index is 0.204. The van der Waals surface area contributed by atoms with Crippen LogP contribution in [0.25, 0.3) is 0 Å². The molecule has 15 heavy (non-hydrogen) atoms. The van der Waals surface area contributed by atoms with Gasteiger partial charge in [-0.3, -0.25) is 4.79 Å². The summed E-state index contributed by atoms with van der Waals surface area (Å²) < 4.78 is 0. The minimum absolute atomic E-state index is 0.204. The fraction of sp³-hybridized carbons (Fsp3) is 0.917. The second-order valence-corrected chi connectivity index (χ2v) is 5.63. The van der Waals surface area contributed by atoms with Gasteiger partial charge in [0.1, 0.15) is 0 Å². The number of amides is 1. The third-order valence-corrected chi connectivity index (χ3v) is 3.98. The number of nitrogens with one attached hydrogen (secondary N) is 2. The SMILES string of the molecule is CC1(C)CCCC1C(=O)NC1CCNC1. The summed E-state index contributed by atoms with van der Waals surface area (Å²) >= 11 is 0. The highest BCUT2D eigenvalue weighted by atomic mass is 16.2. The summed E-state index contributed by atoms with van der Waals surface area (Å²) in [7, 11) is 0. The van der Waals surface area contributed by atoms with Crippen LogP contribution < -0.4 is 10.6 Å². The van der Waals surface area contributed by atoms with Gasteiger partial charge >= 0.3 is 0 Å². The molecule has 1 saturated carbocycles. The number of hydrogen-bond acceptors (Lipinski definition) is 2. The first kappa shape index (κ1) is 10.9. The summed E-state index contributed by atoms with van der Waals surface area (Å²) in [4.78, 5) is 12.1. The molecular weight excluding hydrogens is 188 g/mol. The van der Waals surface area contributed by atoms with Crippen LogP contribution in [0.1, 0.15) is 39.5 Å². The van der Waals surface area contributed by atoms with Crippen molar-refractivity contribution < 1.29 is 4.79 Å². The van der Waals surface area contributed by atoms with E-state index in [1.165, 1.54) is 12.8 Å². The van der Waals surface area contributed by atoms with E-state index in [1.54, 1.807) is 0 Å². The maximum absolute atomic E-state index is 12.1. The highest BCUT2D eigenvalue weighted by Gasteiger charge is 2.39. The van der Waals surface area contributed by atoms with E-state index in [-0.39, 0.29) is 17.2 Å². The van der Waals surface area contributed by atoms with Gasteiger partial charge in [0.05, 0.1) is 0 Å². The fourth-order valence-corrected chi connectivity index (χ4v) is 2.89. The van der Waals surface area contributed by atoms with Crippen molar-refractivity contribution in [2.45, 2.75) is 45.6 Å². The normalized spacial score (nSPS) is 34.3. The van der Waals surface area contributed by atoms with Crippen molar-refractivity contribution in [1.82, 2.24) is 10.6 Å². The van der Waals surface area contributed by atoms with E-state index in [0.717, 1.165) is 25.9 Å². The van der Waals surface area contributed by atoms with Gasteiger partial charge in [0, 0.05) is 18.5 Å². The third kappa shape index (κ3) is 2.33. The van der Waals surface area contributed by atoms with Crippen LogP contribution in [-0.2, 0) is 4.79 Å². The molecule has 0 bridgehead atoms. The van der Waals surface area contributed by atoms with Gasteiger partial charge in [0.25, 0.3) is 0 Å². The van der Waals surface area contributed by atoms with Crippen LogP contribution in [0.3, 0.4) is 0 Å². The lowest BCUT2D eigenvalue weighted by Crippen LogP contribution is -2.42.